The maximum absolute atomic E-state index is 14.0. The topological polar surface area (TPSA) is 34.9 Å². The molecule has 3 aromatic rings. The van der Waals surface area contributed by atoms with Crippen molar-refractivity contribution in [1.82, 2.24) is 9.78 Å². The number of aromatic nitrogens is 2. The van der Waals surface area contributed by atoms with E-state index >= 15 is 0 Å². The quantitative estimate of drug-likeness (QED) is 0.679. The van der Waals surface area contributed by atoms with Crippen LogP contribution >= 0.6 is 22.9 Å². The van der Waals surface area contributed by atoms with Crippen LogP contribution in [0, 0.1) is 11.7 Å². The number of hydrogen-bond donors (Lipinski definition) is 0. The molecule has 6 heteroatoms. The first kappa shape index (κ1) is 17.1. The molecule has 3 nitrogen and oxygen atoms in total. The zero-order chi connectivity index (χ0) is 17.4. The van der Waals surface area contributed by atoms with Crippen molar-refractivity contribution in [2.45, 2.75) is 26.7 Å². The van der Waals surface area contributed by atoms with Crippen LogP contribution < -0.4 is 5.56 Å². The minimum atomic E-state index is -0.326. The molecule has 2 aromatic heterocycles. The van der Waals surface area contributed by atoms with Crippen LogP contribution in [0.5, 0.6) is 0 Å². The van der Waals surface area contributed by atoms with Gasteiger partial charge in [0.1, 0.15) is 5.82 Å². The summed E-state index contributed by atoms with van der Waals surface area (Å²) >= 11 is 7.62. The minimum absolute atomic E-state index is 0.125. The number of aryl methyl sites for hydroxylation is 1. The average molecular weight is 365 g/mol. The molecule has 0 spiro atoms. The van der Waals surface area contributed by atoms with Crippen molar-refractivity contribution in [3.05, 3.63) is 61.6 Å². The maximum atomic E-state index is 14.0. The fourth-order valence-electron chi connectivity index (χ4n) is 2.74. The van der Waals surface area contributed by atoms with Crippen molar-refractivity contribution in [3.63, 3.8) is 0 Å². The van der Waals surface area contributed by atoms with Crippen molar-refractivity contribution in [2.75, 3.05) is 0 Å². The second-order valence-corrected chi connectivity index (χ2v) is 7.85. The summed E-state index contributed by atoms with van der Waals surface area (Å²) < 4.78 is 16.3. The summed E-state index contributed by atoms with van der Waals surface area (Å²) in [5, 5.41) is 5.46. The van der Waals surface area contributed by atoms with Gasteiger partial charge in [-0.1, -0.05) is 31.5 Å². The molecule has 0 aliphatic carbocycles. The third kappa shape index (κ3) is 3.23. The molecule has 3 rings (SSSR count). The number of nitrogens with zero attached hydrogens (tertiary/aromatic N) is 2. The predicted molar refractivity (Wildman–Crippen MR) is 97.6 cm³/mol. The lowest BCUT2D eigenvalue weighted by molar-refractivity contribution is 0.606. The summed E-state index contributed by atoms with van der Waals surface area (Å²) in [7, 11) is 1.66. The van der Waals surface area contributed by atoms with Gasteiger partial charge in [0.15, 0.2) is 0 Å². The molecule has 0 bridgehead atoms. The molecule has 126 valence electrons. The zero-order valence-corrected chi connectivity index (χ0v) is 15.3. The molecule has 0 aliphatic heterocycles. The van der Waals surface area contributed by atoms with Crippen LogP contribution in [0.4, 0.5) is 4.39 Å². The van der Waals surface area contributed by atoms with Gasteiger partial charge in [-0.3, -0.25) is 4.79 Å². The van der Waals surface area contributed by atoms with Crippen LogP contribution in [0.15, 0.2) is 29.1 Å². The van der Waals surface area contributed by atoms with E-state index in [0.717, 1.165) is 21.7 Å². The molecule has 2 heterocycles. The van der Waals surface area contributed by atoms with Crippen molar-refractivity contribution in [1.29, 1.82) is 0 Å². The monoisotopic (exact) mass is 364 g/mol. The average Bonchev–Trinajstić information content (AvgIpc) is 2.92. The maximum Gasteiger partial charge on any atom is 0.275 e. The second kappa shape index (κ2) is 6.65. The summed E-state index contributed by atoms with van der Waals surface area (Å²) in [6.07, 6.45) is 1.17. The summed E-state index contributed by atoms with van der Waals surface area (Å²) in [6.45, 7) is 4.23. The SMILES string of the molecule is CC(C)Cc1nn(C)c(=O)c2cc(Cc3c(F)cccc3Cl)sc12. The van der Waals surface area contributed by atoms with E-state index in [9.17, 15) is 9.18 Å². The largest absolute Gasteiger partial charge is 0.275 e. The van der Waals surface area contributed by atoms with Crippen LogP contribution in [0.2, 0.25) is 5.02 Å². The Hall–Kier alpha value is -1.72. The third-order valence-corrected chi connectivity index (χ3v) is 5.39. The van der Waals surface area contributed by atoms with Crippen LogP contribution in [-0.2, 0) is 19.9 Å². The Morgan fingerprint density at radius 3 is 2.79 bits per heavy atom. The highest BCUT2D eigenvalue weighted by atomic mass is 35.5. The van der Waals surface area contributed by atoms with E-state index in [1.54, 1.807) is 19.2 Å². The lowest BCUT2D eigenvalue weighted by Crippen LogP contribution is -2.21. The van der Waals surface area contributed by atoms with Gasteiger partial charge in [-0.25, -0.2) is 9.07 Å². The second-order valence-electron chi connectivity index (χ2n) is 6.31. The van der Waals surface area contributed by atoms with Crippen molar-refractivity contribution < 1.29 is 4.39 Å². The number of rotatable bonds is 4. The summed E-state index contributed by atoms with van der Waals surface area (Å²) in [6, 6.07) is 6.51. The van der Waals surface area contributed by atoms with Crippen LogP contribution in [0.25, 0.3) is 10.1 Å². The molecule has 0 fully saturated rings. The highest BCUT2D eigenvalue weighted by Crippen LogP contribution is 2.30. The fraction of sp³-hybridized carbons (Fsp3) is 0.333. The molecule has 0 radical (unpaired) electrons. The van der Waals surface area contributed by atoms with E-state index in [2.05, 4.69) is 18.9 Å². The third-order valence-electron chi connectivity index (χ3n) is 3.85. The lowest BCUT2D eigenvalue weighted by Gasteiger charge is -2.07. The highest BCUT2D eigenvalue weighted by molar-refractivity contribution is 7.19. The van der Waals surface area contributed by atoms with Gasteiger partial charge >= 0.3 is 0 Å². The van der Waals surface area contributed by atoms with E-state index in [4.69, 9.17) is 11.6 Å². The van der Waals surface area contributed by atoms with Crippen LogP contribution in [-0.4, -0.2) is 9.78 Å². The molecule has 0 atom stereocenters. The van der Waals surface area contributed by atoms with Gasteiger partial charge in [-0.15, -0.1) is 11.3 Å². The van der Waals surface area contributed by atoms with Gasteiger partial charge in [0.2, 0.25) is 0 Å². The molecule has 0 saturated heterocycles. The summed E-state index contributed by atoms with van der Waals surface area (Å²) in [5.74, 6) is 0.109. The Bertz CT molecular complexity index is 941. The zero-order valence-electron chi connectivity index (χ0n) is 13.8. The van der Waals surface area contributed by atoms with Gasteiger partial charge in [0.25, 0.3) is 5.56 Å². The number of thiophene rings is 1. The molecular weight excluding hydrogens is 347 g/mol. The molecule has 0 amide bonds. The first-order valence-electron chi connectivity index (χ1n) is 7.78. The van der Waals surface area contributed by atoms with E-state index in [1.807, 2.05) is 6.07 Å². The Morgan fingerprint density at radius 1 is 1.38 bits per heavy atom. The summed E-state index contributed by atoms with van der Waals surface area (Å²) in [4.78, 5) is 13.3. The van der Waals surface area contributed by atoms with Gasteiger partial charge in [0, 0.05) is 28.9 Å². The van der Waals surface area contributed by atoms with E-state index in [-0.39, 0.29) is 11.4 Å². The molecule has 0 saturated carbocycles. The minimum Gasteiger partial charge on any atom is -0.267 e. The van der Waals surface area contributed by atoms with E-state index in [1.165, 1.54) is 22.1 Å². The Labute approximate surface area is 148 Å². The van der Waals surface area contributed by atoms with Gasteiger partial charge < -0.3 is 0 Å². The van der Waals surface area contributed by atoms with Crippen molar-refractivity contribution >= 4 is 33.0 Å². The van der Waals surface area contributed by atoms with Gasteiger partial charge in [0.05, 0.1) is 15.8 Å². The Kier molecular flexibility index (Phi) is 4.74. The number of hydrogen-bond acceptors (Lipinski definition) is 3. The standard InChI is InChI=1S/C18H18ClFN2OS/c1-10(2)7-16-17-13(18(23)22(3)21-16)9-11(24-17)8-12-14(19)5-4-6-15(12)20/h4-6,9-10H,7-8H2,1-3H3. The van der Waals surface area contributed by atoms with E-state index < -0.39 is 0 Å². The van der Waals surface area contributed by atoms with Crippen molar-refractivity contribution in [2.24, 2.45) is 13.0 Å². The normalized spacial score (nSPS) is 11.6. The Morgan fingerprint density at radius 2 is 2.12 bits per heavy atom. The van der Waals surface area contributed by atoms with Gasteiger partial charge in [-0.05, 0) is 30.5 Å². The van der Waals surface area contributed by atoms with Crippen LogP contribution in [0.1, 0.15) is 30.0 Å². The first-order chi connectivity index (χ1) is 11.4. The number of halogens is 2. The summed E-state index contributed by atoms with van der Waals surface area (Å²) in [5.41, 5.74) is 1.25. The molecule has 0 aliphatic rings. The van der Waals surface area contributed by atoms with Crippen molar-refractivity contribution in [3.8, 4) is 0 Å². The predicted octanol–water partition coefficient (Wildman–Crippen LogP) is 4.58. The number of benzene rings is 1. The first-order valence-corrected chi connectivity index (χ1v) is 8.97. The van der Waals surface area contributed by atoms with Gasteiger partial charge in [-0.2, -0.15) is 5.10 Å². The van der Waals surface area contributed by atoms with Crippen LogP contribution in [0.3, 0.4) is 0 Å². The number of fused-ring (bicyclic) bond motifs is 1. The smallest absolute Gasteiger partial charge is 0.267 e. The molecule has 24 heavy (non-hydrogen) atoms. The Balaban J connectivity index is 2.11. The molecule has 0 N–H and O–H groups in total. The highest BCUT2D eigenvalue weighted by Gasteiger charge is 2.16. The lowest BCUT2D eigenvalue weighted by atomic mass is 10.1. The van der Waals surface area contributed by atoms with E-state index in [0.29, 0.717) is 28.3 Å². The molecule has 0 unspecified atom stereocenters. The fourth-order valence-corrected chi connectivity index (χ4v) is 4.13. The molecule has 1 aromatic carbocycles. The molecular formula is C18H18ClFN2OS.